The van der Waals surface area contributed by atoms with E-state index in [0.29, 0.717) is 5.92 Å². The summed E-state index contributed by atoms with van der Waals surface area (Å²) in [4.78, 5) is 0. The van der Waals surface area contributed by atoms with Crippen LogP contribution in [0.15, 0.2) is 54.1 Å². The second-order valence-electron chi connectivity index (χ2n) is 4.69. The van der Waals surface area contributed by atoms with Crippen molar-refractivity contribution < 1.29 is 0 Å². The van der Waals surface area contributed by atoms with Crippen LogP contribution in [-0.4, -0.2) is 0 Å². The summed E-state index contributed by atoms with van der Waals surface area (Å²) in [7, 11) is 0. The average molecular weight is 231 g/mol. The Morgan fingerprint density at radius 2 is 1.83 bits per heavy atom. The molecule has 0 N–H and O–H groups in total. The molecule has 0 saturated carbocycles. The lowest BCUT2D eigenvalue weighted by molar-refractivity contribution is 0.976. The zero-order valence-corrected chi connectivity index (χ0v) is 10.2. The summed E-state index contributed by atoms with van der Waals surface area (Å²) >= 11 is 0. The molecule has 0 spiro atoms. The molecule has 3 rings (SSSR count). The highest BCUT2D eigenvalue weighted by atomic mass is 14.3. The number of hydrogen-bond donors (Lipinski definition) is 0. The normalized spacial score (nSPS) is 16.9. The number of hydrogen-bond acceptors (Lipinski definition) is 1. The summed E-state index contributed by atoms with van der Waals surface area (Å²) in [6.45, 7) is 2.16. The lowest BCUT2D eigenvalue weighted by Crippen LogP contribution is -1.99. The molecular weight excluding hydrogens is 218 g/mol. The van der Waals surface area contributed by atoms with Crippen molar-refractivity contribution in [3.63, 3.8) is 0 Å². The lowest BCUT2D eigenvalue weighted by atomic mass is 9.89. The first-order valence-corrected chi connectivity index (χ1v) is 6.07. The summed E-state index contributed by atoms with van der Waals surface area (Å²) in [5.74, 6) is 0.342. The third-order valence-electron chi connectivity index (χ3n) is 3.50. The van der Waals surface area contributed by atoms with Crippen LogP contribution >= 0.6 is 0 Å². The Kier molecular flexibility index (Phi) is 2.50. The molecule has 0 fully saturated rings. The predicted octanol–water partition coefficient (Wildman–Crippen LogP) is 4.11. The predicted molar refractivity (Wildman–Crippen MR) is 73.1 cm³/mol. The molecule has 0 heterocycles. The second-order valence-corrected chi connectivity index (χ2v) is 4.69. The Labute approximate surface area is 107 Å². The van der Waals surface area contributed by atoms with E-state index in [1.807, 2.05) is 18.2 Å². The maximum atomic E-state index is 8.95. The van der Waals surface area contributed by atoms with Crippen molar-refractivity contribution in [2.24, 2.45) is 0 Å². The highest BCUT2D eigenvalue weighted by Crippen LogP contribution is 2.40. The fraction of sp³-hybridized carbons (Fsp3) is 0.118. The molecule has 0 saturated heterocycles. The van der Waals surface area contributed by atoms with Gasteiger partial charge in [0, 0.05) is 5.92 Å². The van der Waals surface area contributed by atoms with Crippen LogP contribution in [0, 0.1) is 11.3 Å². The first kappa shape index (κ1) is 10.8. The summed E-state index contributed by atoms with van der Waals surface area (Å²) in [5, 5.41) is 8.95. The van der Waals surface area contributed by atoms with E-state index in [9.17, 15) is 0 Å². The van der Waals surface area contributed by atoms with Gasteiger partial charge in [0.1, 0.15) is 0 Å². The van der Waals surface area contributed by atoms with E-state index in [-0.39, 0.29) is 0 Å². The summed E-state index contributed by atoms with van der Waals surface area (Å²) < 4.78 is 0. The van der Waals surface area contributed by atoms with Gasteiger partial charge in [-0.25, -0.2) is 0 Å². The van der Waals surface area contributed by atoms with E-state index >= 15 is 0 Å². The first-order valence-electron chi connectivity index (χ1n) is 6.07. The number of fused-ring (bicyclic) bond motifs is 1. The van der Waals surface area contributed by atoms with E-state index in [0.717, 1.165) is 5.56 Å². The number of rotatable bonds is 1. The van der Waals surface area contributed by atoms with Crippen LogP contribution in [0.25, 0.3) is 6.08 Å². The van der Waals surface area contributed by atoms with Crippen LogP contribution in [-0.2, 0) is 0 Å². The largest absolute Gasteiger partial charge is 0.192 e. The number of allylic oxidation sites excluding steroid dienone is 1. The molecule has 1 aliphatic rings. The molecule has 0 bridgehead atoms. The molecule has 86 valence electrons. The van der Waals surface area contributed by atoms with E-state index in [4.69, 9.17) is 5.26 Å². The zero-order chi connectivity index (χ0) is 12.5. The van der Waals surface area contributed by atoms with Crippen LogP contribution in [0.1, 0.15) is 35.1 Å². The van der Waals surface area contributed by atoms with E-state index in [1.165, 1.54) is 22.3 Å². The molecule has 1 unspecified atom stereocenters. The fourth-order valence-corrected chi connectivity index (χ4v) is 2.69. The molecule has 18 heavy (non-hydrogen) atoms. The van der Waals surface area contributed by atoms with Crippen LogP contribution in [0.5, 0.6) is 0 Å². The van der Waals surface area contributed by atoms with Crippen molar-refractivity contribution in [2.75, 3.05) is 0 Å². The van der Waals surface area contributed by atoms with Gasteiger partial charge in [-0.15, -0.1) is 0 Å². The van der Waals surface area contributed by atoms with Crippen LogP contribution in [0.4, 0.5) is 0 Å². The molecule has 1 heteroatoms. The van der Waals surface area contributed by atoms with Crippen LogP contribution < -0.4 is 0 Å². The fourth-order valence-electron chi connectivity index (χ4n) is 2.69. The van der Waals surface area contributed by atoms with Gasteiger partial charge in [-0.1, -0.05) is 48.0 Å². The van der Waals surface area contributed by atoms with Gasteiger partial charge >= 0.3 is 0 Å². The van der Waals surface area contributed by atoms with Gasteiger partial charge in [-0.3, -0.25) is 0 Å². The Balaban J connectivity index is 2.12. The van der Waals surface area contributed by atoms with Gasteiger partial charge in [0.25, 0.3) is 0 Å². The molecule has 1 aliphatic carbocycles. The molecule has 0 radical (unpaired) electrons. The minimum Gasteiger partial charge on any atom is -0.192 e. The third kappa shape index (κ3) is 1.63. The third-order valence-corrected chi connectivity index (χ3v) is 3.50. The topological polar surface area (TPSA) is 23.8 Å². The Morgan fingerprint density at radius 1 is 1.06 bits per heavy atom. The molecule has 0 aromatic heterocycles. The number of nitriles is 1. The minimum atomic E-state index is 0.342. The maximum Gasteiger partial charge on any atom is 0.0991 e. The van der Waals surface area contributed by atoms with Gasteiger partial charge in [0.2, 0.25) is 0 Å². The highest BCUT2D eigenvalue weighted by molar-refractivity contribution is 5.70. The van der Waals surface area contributed by atoms with Gasteiger partial charge in [0.15, 0.2) is 0 Å². The molecule has 0 amide bonds. The van der Waals surface area contributed by atoms with E-state index in [2.05, 4.69) is 49.4 Å². The van der Waals surface area contributed by atoms with Crippen molar-refractivity contribution in [3.8, 4) is 6.07 Å². The Bertz CT molecular complexity index is 660. The zero-order valence-electron chi connectivity index (χ0n) is 10.2. The van der Waals surface area contributed by atoms with Crippen molar-refractivity contribution in [1.82, 2.24) is 0 Å². The van der Waals surface area contributed by atoms with Gasteiger partial charge in [0.05, 0.1) is 11.6 Å². The standard InChI is InChI=1S/C17H13N/c1-12-9-15-10-13(11-18)7-8-16(15)17(12)14-5-3-2-4-6-14/h2-10,17H,1H3. The average Bonchev–Trinajstić information content (AvgIpc) is 2.74. The second kappa shape index (κ2) is 4.16. The van der Waals surface area contributed by atoms with Gasteiger partial charge in [-0.05, 0) is 35.7 Å². The smallest absolute Gasteiger partial charge is 0.0991 e. The van der Waals surface area contributed by atoms with Gasteiger partial charge in [-0.2, -0.15) is 5.26 Å². The minimum absolute atomic E-state index is 0.342. The maximum absolute atomic E-state index is 8.95. The summed E-state index contributed by atoms with van der Waals surface area (Å²) in [5.41, 5.74) is 5.87. The lowest BCUT2D eigenvalue weighted by Gasteiger charge is -2.14. The molecule has 2 aromatic carbocycles. The quantitative estimate of drug-likeness (QED) is 0.724. The molecule has 1 atom stereocenters. The molecular formula is C17H13N. The van der Waals surface area contributed by atoms with Crippen molar-refractivity contribution in [3.05, 3.63) is 76.4 Å². The van der Waals surface area contributed by atoms with Crippen molar-refractivity contribution >= 4 is 6.08 Å². The van der Waals surface area contributed by atoms with Crippen LogP contribution in [0.3, 0.4) is 0 Å². The Hall–Kier alpha value is -2.33. The van der Waals surface area contributed by atoms with Gasteiger partial charge < -0.3 is 0 Å². The van der Waals surface area contributed by atoms with Crippen LogP contribution in [0.2, 0.25) is 0 Å². The van der Waals surface area contributed by atoms with Crippen molar-refractivity contribution in [2.45, 2.75) is 12.8 Å². The summed E-state index contributed by atoms with van der Waals surface area (Å²) in [6.07, 6.45) is 2.19. The number of benzene rings is 2. The Morgan fingerprint density at radius 3 is 2.56 bits per heavy atom. The summed E-state index contributed by atoms with van der Waals surface area (Å²) in [6, 6.07) is 18.7. The van der Waals surface area contributed by atoms with E-state index in [1.54, 1.807) is 0 Å². The molecule has 1 nitrogen and oxygen atoms in total. The van der Waals surface area contributed by atoms with E-state index < -0.39 is 0 Å². The molecule has 0 aliphatic heterocycles. The first-order chi connectivity index (χ1) is 8.79. The van der Waals surface area contributed by atoms with Crippen molar-refractivity contribution in [1.29, 1.82) is 5.26 Å². The number of nitrogens with zero attached hydrogens (tertiary/aromatic N) is 1. The SMILES string of the molecule is CC1=Cc2cc(C#N)ccc2C1c1ccccc1. The molecule has 2 aromatic rings. The highest BCUT2D eigenvalue weighted by Gasteiger charge is 2.23. The monoisotopic (exact) mass is 231 g/mol.